The van der Waals surface area contributed by atoms with E-state index in [0.29, 0.717) is 4.91 Å². The van der Waals surface area contributed by atoms with Crippen LogP contribution >= 0.6 is 34.4 Å². The monoisotopic (exact) mass is 302 g/mol. The summed E-state index contributed by atoms with van der Waals surface area (Å²) in [6, 6.07) is 0. The average molecular weight is 302 g/mol. The zero-order valence-corrected chi connectivity index (χ0v) is 13.0. The molecule has 2 rings (SSSR count). The molecule has 0 saturated heterocycles. The van der Waals surface area contributed by atoms with Gasteiger partial charge in [-0.3, -0.25) is 9.93 Å². The molecule has 99 valence electrons. The van der Waals surface area contributed by atoms with Crippen molar-refractivity contribution in [3.05, 3.63) is 10.6 Å². The van der Waals surface area contributed by atoms with Crippen molar-refractivity contribution in [3.8, 4) is 0 Å². The quantitative estimate of drug-likeness (QED) is 0.845. The molecule has 2 N–H and O–H groups in total. The number of aromatic nitrogens is 1. The van der Waals surface area contributed by atoms with Gasteiger partial charge in [-0.05, 0) is 38.6 Å². The van der Waals surface area contributed by atoms with Crippen LogP contribution in [0, 0.1) is 0 Å². The zero-order chi connectivity index (χ0) is 13.3. The lowest BCUT2D eigenvalue weighted by atomic mass is 10.3. The maximum Gasteiger partial charge on any atom is 0.166 e. The highest BCUT2D eigenvalue weighted by Gasteiger charge is 2.29. The van der Waals surface area contributed by atoms with Crippen LogP contribution in [0.4, 0.5) is 0 Å². The minimum absolute atomic E-state index is 0.0491. The van der Waals surface area contributed by atoms with Gasteiger partial charge in [0.1, 0.15) is 0 Å². The van der Waals surface area contributed by atoms with E-state index in [9.17, 15) is 4.79 Å². The lowest BCUT2D eigenvalue weighted by Gasteiger charge is -2.12. The molecule has 0 spiro atoms. The fourth-order valence-corrected chi connectivity index (χ4v) is 5.66. The number of hydrogen-bond donors (Lipinski definition) is 1. The first-order valence-corrected chi connectivity index (χ1v) is 8.54. The van der Waals surface area contributed by atoms with E-state index >= 15 is 0 Å². The number of fused-ring (bicyclic) bond motifs is 1. The predicted molar refractivity (Wildman–Crippen MR) is 80.1 cm³/mol. The van der Waals surface area contributed by atoms with Crippen LogP contribution in [-0.4, -0.2) is 41.4 Å². The topological polar surface area (TPSA) is 59.2 Å². The highest BCUT2D eigenvalue weighted by atomic mass is 32.2. The highest BCUT2D eigenvalue weighted by molar-refractivity contribution is 8.20. The number of Topliss-reactive ketones (excluding diaryl/α,β-unsaturated/α-hetero) is 1. The van der Waals surface area contributed by atoms with Gasteiger partial charge >= 0.3 is 0 Å². The summed E-state index contributed by atoms with van der Waals surface area (Å²) in [7, 11) is 4.11. The van der Waals surface area contributed by atoms with Crippen LogP contribution in [0.5, 0.6) is 0 Å². The summed E-state index contributed by atoms with van der Waals surface area (Å²) in [4.78, 5) is 15.4. The molecule has 2 heterocycles. The molecule has 18 heavy (non-hydrogen) atoms. The Kier molecular flexibility index (Phi) is 4.50. The van der Waals surface area contributed by atoms with Gasteiger partial charge in [-0.2, -0.15) is 4.37 Å². The van der Waals surface area contributed by atoms with Crippen molar-refractivity contribution in [2.45, 2.75) is 16.0 Å². The molecule has 4 nitrogen and oxygen atoms in total. The first kappa shape index (κ1) is 14.1. The number of allylic oxidation sites excluding steroid dienone is 1. The normalized spacial score (nSPS) is 15.1. The smallest absolute Gasteiger partial charge is 0.166 e. The predicted octanol–water partition coefficient (Wildman–Crippen LogP) is 2.24. The standard InChI is InChI=1S/C11H16N3OS3/c1-7(15)9-6-8-10(18(9)12)11(17-13-8)16-5-4-14(2)3/h6H,4-5,12H2,1-3H3. The second kappa shape index (κ2) is 5.75. The Bertz CT molecular complexity index is 496. The minimum Gasteiger partial charge on any atom is -0.309 e. The van der Waals surface area contributed by atoms with Gasteiger partial charge in [0, 0.05) is 12.3 Å². The molecular weight excluding hydrogens is 286 g/mol. The number of hydrogen-bond acceptors (Lipinski definition) is 6. The molecule has 0 unspecified atom stereocenters. The van der Waals surface area contributed by atoms with E-state index in [1.165, 1.54) is 11.5 Å². The molecule has 0 fully saturated rings. The van der Waals surface area contributed by atoms with Crippen molar-refractivity contribution < 1.29 is 4.79 Å². The first-order valence-electron chi connectivity index (χ1n) is 5.49. The summed E-state index contributed by atoms with van der Waals surface area (Å²) in [6.07, 6.45) is 1.84. The van der Waals surface area contributed by atoms with Crippen LogP contribution in [0.1, 0.15) is 12.6 Å². The van der Waals surface area contributed by atoms with E-state index in [4.69, 9.17) is 5.14 Å². The average Bonchev–Trinajstić information content (AvgIpc) is 2.80. The van der Waals surface area contributed by atoms with Gasteiger partial charge in [-0.15, -0.1) is 11.8 Å². The first-order chi connectivity index (χ1) is 8.50. The maximum atomic E-state index is 11.5. The summed E-state index contributed by atoms with van der Waals surface area (Å²) < 4.78 is 5.54. The Labute approximate surface area is 118 Å². The van der Waals surface area contributed by atoms with E-state index in [2.05, 4.69) is 23.4 Å². The molecule has 1 radical (unpaired) electrons. The summed E-state index contributed by atoms with van der Waals surface area (Å²) in [6.45, 7) is 2.58. The molecule has 0 amide bonds. The van der Waals surface area contributed by atoms with Crippen LogP contribution in [0.2, 0.25) is 0 Å². The van der Waals surface area contributed by atoms with E-state index < -0.39 is 11.1 Å². The molecule has 7 heteroatoms. The lowest BCUT2D eigenvalue weighted by molar-refractivity contribution is -0.112. The number of carbonyl (C=O) groups excluding carboxylic acids is 1. The zero-order valence-electron chi connectivity index (χ0n) is 10.6. The molecular formula is C11H16N3OS3. The summed E-state index contributed by atoms with van der Waals surface area (Å²) in [5.74, 6) is 1.06. The molecule has 1 aromatic heterocycles. The Morgan fingerprint density at radius 2 is 2.33 bits per heavy atom. The molecule has 1 aromatic rings. The van der Waals surface area contributed by atoms with Crippen molar-refractivity contribution in [2.24, 2.45) is 5.14 Å². The lowest BCUT2D eigenvalue weighted by Crippen LogP contribution is -2.14. The third-order valence-electron chi connectivity index (χ3n) is 2.49. The molecule has 0 aromatic carbocycles. The van der Waals surface area contributed by atoms with Gasteiger partial charge < -0.3 is 4.90 Å². The summed E-state index contributed by atoms with van der Waals surface area (Å²) >= 11 is 2.68. The Morgan fingerprint density at radius 1 is 1.61 bits per heavy atom. The van der Waals surface area contributed by atoms with Gasteiger partial charge in [0.05, 0.1) is 19.7 Å². The fourth-order valence-electron chi connectivity index (χ4n) is 1.54. The number of nitrogens with two attached hydrogens (primary N) is 1. The maximum absolute atomic E-state index is 11.5. The Morgan fingerprint density at radius 3 is 2.94 bits per heavy atom. The van der Waals surface area contributed by atoms with E-state index in [1.54, 1.807) is 18.7 Å². The highest BCUT2D eigenvalue weighted by Crippen LogP contribution is 2.52. The summed E-state index contributed by atoms with van der Waals surface area (Å²) in [5.41, 5.74) is 0.892. The van der Waals surface area contributed by atoms with Crippen molar-refractivity contribution in [1.29, 1.82) is 0 Å². The molecule has 1 aliphatic rings. The second-order valence-electron chi connectivity index (χ2n) is 4.24. The van der Waals surface area contributed by atoms with Crippen molar-refractivity contribution >= 4 is 46.2 Å². The third-order valence-corrected chi connectivity index (χ3v) is 6.57. The van der Waals surface area contributed by atoms with Crippen LogP contribution in [0.3, 0.4) is 0 Å². The Balaban J connectivity index is 2.10. The van der Waals surface area contributed by atoms with Crippen molar-refractivity contribution in [1.82, 2.24) is 9.27 Å². The van der Waals surface area contributed by atoms with Gasteiger partial charge in [-0.25, -0.2) is 0 Å². The number of nitrogens with zero attached hydrogens (tertiary/aromatic N) is 2. The van der Waals surface area contributed by atoms with E-state index in [0.717, 1.165) is 27.1 Å². The number of rotatable bonds is 5. The van der Waals surface area contributed by atoms with Gasteiger partial charge in [0.15, 0.2) is 5.78 Å². The minimum atomic E-state index is -0.585. The largest absolute Gasteiger partial charge is 0.309 e. The number of thioether (sulfide) groups is 1. The van der Waals surface area contributed by atoms with Crippen LogP contribution in [-0.2, 0) is 4.79 Å². The SMILES string of the molecule is CC(=O)C1=Cc2nsc(SCCN(C)C)c2[S]1N. The fraction of sp³-hybridized carbons (Fsp3) is 0.455. The van der Waals surface area contributed by atoms with Crippen LogP contribution < -0.4 is 5.14 Å². The van der Waals surface area contributed by atoms with Crippen LogP contribution in [0.25, 0.3) is 6.08 Å². The molecule has 1 aliphatic heterocycles. The van der Waals surface area contributed by atoms with E-state index in [-0.39, 0.29) is 5.78 Å². The van der Waals surface area contributed by atoms with Gasteiger partial charge in [-0.1, -0.05) is 11.1 Å². The number of carbonyl (C=O) groups is 1. The molecule has 0 atom stereocenters. The van der Waals surface area contributed by atoms with Gasteiger partial charge in [0.2, 0.25) is 0 Å². The van der Waals surface area contributed by atoms with Gasteiger partial charge in [0.25, 0.3) is 0 Å². The second-order valence-corrected chi connectivity index (χ2v) is 7.90. The van der Waals surface area contributed by atoms with E-state index in [1.807, 2.05) is 6.08 Å². The Hall–Kier alpha value is -0.340. The molecule has 0 saturated carbocycles. The molecule has 0 bridgehead atoms. The van der Waals surface area contributed by atoms with Crippen molar-refractivity contribution in [2.75, 3.05) is 26.4 Å². The summed E-state index contributed by atoms with van der Waals surface area (Å²) in [5, 5.41) is 6.15. The molecule has 0 aliphatic carbocycles. The van der Waals surface area contributed by atoms with Crippen molar-refractivity contribution in [3.63, 3.8) is 0 Å². The number of ketones is 1. The third kappa shape index (κ3) is 2.80. The van der Waals surface area contributed by atoms with Crippen LogP contribution in [0.15, 0.2) is 14.0 Å².